The molecule has 118 valence electrons. The van der Waals surface area contributed by atoms with Crippen LogP contribution in [0.15, 0.2) is 42.5 Å². The second-order valence-corrected chi connectivity index (χ2v) is 5.55. The Morgan fingerprint density at radius 1 is 1.26 bits per heavy atom. The number of amides is 1. The van der Waals surface area contributed by atoms with Gasteiger partial charge >= 0.3 is 0 Å². The lowest BCUT2D eigenvalue weighted by Crippen LogP contribution is -2.24. The Balaban J connectivity index is 2.07. The number of carbonyl (C=O) groups is 1. The zero-order valence-electron chi connectivity index (χ0n) is 12.9. The van der Waals surface area contributed by atoms with Crippen LogP contribution in [0, 0.1) is 11.3 Å². The minimum Gasteiger partial charge on any atom is -0.380 e. The molecule has 0 aliphatic carbocycles. The predicted octanol–water partition coefficient (Wildman–Crippen LogP) is 3.96. The average Bonchev–Trinajstić information content (AvgIpc) is 2.58. The van der Waals surface area contributed by atoms with Gasteiger partial charge in [-0.05, 0) is 42.3 Å². The van der Waals surface area contributed by atoms with Crippen LogP contribution in [0.5, 0.6) is 0 Å². The van der Waals surface area contributed by atoms with Gasteiger partial charge in [-0.25, -0.2) is 0 Å². The molecule has 0 spiro atoms. The van der Waals surface area contributed by atoms with Crippen molar-refractivity contribution >= 4 is 23.2 Å². The van der Waals surface area contributed by atoms with Gasteiger partial charge in [-0.1, -0.05) is 30.7 Å². The number of rotatable bonds is 6. The average molecular weight is 328 g/mol. The zero-order chi connectivity index (χ0) is 16.7. The van der Waals surface area contributed by atoms with Crippen LogP contribution in [0.3, 0.4) is 0 Å². The fourth-order valence-electron chi connectivity index (χ4n) is 2.12. The van der Waals surface area contributed by atoms with Gasteiger partial charge in [0.2, 0.25) is 0 Å². The Morgan fingerprint density at radius 3 is 2.83 bits per heavy atom. The van der Waals surface area contributed by atoms with Crippen molar-refractivity contribution in [2.45, 2.75) is 19.9 Å². The molecule has 0 aliphatic heterocycles. The SMILES string of the molecule is CCCNC(=O)c1cccc(CNc2ccc(Cl)cc2C#N)c1. The van der Waals surface area contributed by atoms with Crippen molar-refractivity contribution in [3.8, 4) is 6.07 Å². The quantitative estimate of drug-likeness (QED) is 0.844. The number of anilines is 1. The van der Waals surface area contributed by atoms with E-state index in [1.165, 1.54) is 0 Å². The summed E-state index contributed by atoms with van der Waals surface area (Å²) in [6.07, 6.45) is 0.903. The summed E-state index contributed by atoms with van der Waals surface area (Å²) >= 11 is 5.89. The molecule has 0 fully saturated rings. The standard InChI is InChI=1S/C18H18ClN3O/c1-2-8-21-18(23)14-5-3-4-13(9-14)12-22-17-7-6-16(19)10-15(17)11-20/h3-7,9-10,22H,2,8,12H2,1H3,(H,21,23). The largest absolute Gasteiger partial charge is 0.380 e. The fraction of sp³-hybridized carbons (Fsp3) is 0.222. The first-order chi connectivity index (χ1) is 11.1. The van der Waals surface area contributed by atoms with Crippen LogP contribution < -0.4 is 10.6 Å². The summed E-state index contributed by atoms with van der Waals surface area (Å²) in [6, 6.07) is 14.7. The molecule has 1 amide bonds. The molecule has 2 rings (SSSR count). The summed E-state index contributed by atoms with van der Waals surface area (Å²) in [7, 11) is 0. The van der Waals surface area contributed by atoms with Crippen molar-refractivity contribution in [2.24, 2.45) is 0 Å². The maximum absolute atomic E-state index is 12.0. The molecule has 0 bridgehead atoms. The number of benzene rings is 2. The molecule has 0 aromatic heterocycles. The monoisotopic (exact) mass is 327 g/mol. The van der Waals surface area contributed by atoms with Crippen LogP contribution in [0.1, 0.15) is 34.8 Å². The molecule has 0 radical (unpaired) electrons. The topological polar surface area (TPSA) is 64.9 Å². The molecule has 4 nitrogen and oxygen atoms in total. The Labute approximate surface area is 141 Å². The van der Waals surface area contributed by atoms with E-state index in [0.29, 0.717) is 29.2 Å². The first-order valence-electron chi connectivity index (χ1n) is 7.44. The normalized spacial score (nSPS) is 9.96. The maximum Gasteiger partial charge on any atom is 0.251 e. The maximum atomic E-state index is 12.0. The van der Waals surface area contributed by atoms with E-state index in [1.807, 2.05) is 25.1 Å². The van der Waals surface area contributed by atoms with Crippen LogP contribution in [-0.4, -0.2) is 12.5 Å². The van der Waals surface area contributed by atoms with Crippen molar-refractivity contribution < 1.29 is 4.79 Å². The Hall–Kier alpha value is -2.51. The van der Waals surface area contributed by atoms with E-state index in [-0.39, 0.29) is 5.91 Å². The van der Waals surface area contributed by atoms with Gasteiger partial charge < -0.3 is 10.6 Å². The van der Waals surface area contributed by atoms with E-state index in [0.717, 1.165) is 17.7 Å². The minimum absolute atomic E-state index is 0.0714. The van der Waals surface area contributed by atoms with Gasteiger partial charge in [0, 0.05) is 23.7 Å². The number of nitrogens with zero attached hydrogens (tertiary/aromatic N) is 1. The first-order valence-corrected chi connectivity index (χ1v) is 7.82. The molecule has 0 atom stereocenters. The third-order valence-corrected chi connectivity index (χ3v) is 3.54. The molecule has 0 aliphatic rings. The van der Waals surface area contributed by atoms with Gasteiger partial charge in [0.1, 0.15) is 6.07 Å². The number of hydrogen-bond acceptors (Lipinski definition) is 3. The van der Waals surface area contributed by atoms with Gasteiger partial charge in [0.15, 0.2) is 0 Å². The third kappa shape index (κ3) is 4.73. The summed E-state index contributed by atoms with van der Waals surface area (Å²) in [5, 5.41) is 15.7. The lowest BCUT2D eigenvalue weighted by Gasteiger charge is -2.10. The smallest absolute Gasteiger partial charge is 0.251 e. The Morgan fingerprint density at radius 2 is 2.09 bits per heavy atom. The molecule has 0 unspecified atom stereocenters. The van der Waals surface area contributed by atoms with Gasteiger partial charge in [-0.2, -0.15) is 5.26 Å². The number of carbonyl (C=O) groups excluding carboxylic acids is 1. The molecule has 0 heterocycles. The number of nitrogens with one attached hydrogen (secondary N) is 2. The van der Waals surface area contributed by atoms with Crippen molar-refractivity contribution in [2.75, 3.05) is 11.9 Å². The predicted molar refractivity (Wildman–Crippen MR) is 92.6 cm³/mol. The van der Waals surface area contributed by atoms with E-state index in [2.05, 4.69) is 16.7 Å². The molecule has 2 aromatic carbocycles. The molecule has 0 saturated carbocycles. The lowest BCUT2D eigenvalue weighted by molar-refractivity contribution is 0.0953. The van der Waals surface area contributed by atoms with Crippen LogP contribution in [0.2, 0.25) is 5.02 Å². The zero-order valence-corrected chi connectivity index (χ0v) is 13.7. The van der Waals surface area contributed by atoms with E-state index >= 15 is 0 Å². The van der Waals surface area contributed by atoms with Crippen LogP contribution in [0.25, 0.3) is 0 Å². The van der Waals surface area contributed by atoms with Crippen LogP contribution >= 0.6 is 11.6 Å². The highest BCUT2D eigenvalue weighted by atomic mass is 35.5. The number of hydrogen-bond donors (Lipinski definition) is 2. The van der Waals surface area contributed by atoms with E-state index in [9.17, 15) is 4.79 Å². The minimum atomic E-state index is -0.0714. The number of nitriles is 1. The van der Waals surface area contributed by atoms with Gasteiger partial charge in [-0.15, -0.1) is 0 Å². The summed E-state index contributed by atoms with van der Waals surface area (Å²) in [5.74, 6) is -0.0714. The van der Waals surface area contributed by atoms with Crippen molar-refractivity contribution in [3.63, 3.8) is 0 Å². The second kappa shape index (κ2) is 8.21. The molecule has 0 saturated heterocycles. The summed E-state index contributed by atoms with van der Waals surface area (Å²) in [5.41, 5.74) is 2.81. The van der Waals surface area contributed by atoms with Crippen LogP contribution in [0.4, 0.5) is 5.69 Å². The molecular weight excluding hydrogens is 310 g/mol. The third-order valence-electron chi connectivity index (χ3n) is 3.31. The summed E-state index contributed by atoms with van der Waals surface area (Å²) in [6.45, 7) is 3.20. The van der Waals surface area contributed by atoms with Crippen LogP contribution in [-0.2, 0) is 6.54 Å². The second-order valence-electron chi connectivity index (χ2n) is 5.11. The summed E-state index contributed by atoms with van der Waals surface area (Å²) < 4.78 is 0. The Kier molecular flexibility index (Phi) is 6.02. The van der Waals surface area contributed by atoms with Crippen molar-refractivity contribution in [1.82, 2.24) is 5.32 Å². The van der Waals surface area contributed by atoms with Crippen molar-refractivity contribution in [3.05, 3.63) is 64.2 Å². The highest BCUT2D eigenvalue weighted by Crippen LogP contribution is 2.20. The molecule has 5 heteroatoms. The lowest BCUT2D eigenvalue weighted by atomic mass is 10.1. The summed E-state index contributed by atoms with van der Waals surface area (Å²) in [4.78, 5) is 12.0. The molecule has 23 heavy (non-hydrogen) atoms. The first kappa shape index (κ1) is 16.9. The molecule has 2 aromatic rings. The van der Waals surface area contributed by atoms with Crippen molar-refractivity contribution in [1.29, 1.82) is 5.26 Å². The van der Waals surface area contributed by atoms with Gasteiger partial charge in [-0.3, -0.25) is 4.79 Å². The fourth-order valence-corrected chi connectivity index (χ4v) is 2.30. The number of halogens is 1. The molecular formula is C18H18ClN3O. The highest BCUT2D eigenvalue weighted by Gasteiger charge is 2.06. The van der Waals surface area contributed by atoms with Gasteiger partial charge in [0.05, 0.1) is 11.3 Å². The van der Waals surface area contributed by atoms with Gasteiger partial charge in [0.25, 0.3) is 5.91 Å². The Bertz CT molecular complexity index is 737. The highest BCUT2D eigenvalue weighted by molar-refractivity contribution is 6.30. The van der Waals surface area contributed by atoms with E-state index in [1.54, 1.807) is 24.3 Å². The van der Waals surface area contributed by atoms with E-state index < -0.39 is 0 Å². The van der Waals surface area contributed by atoms with E-state index in [4.69, 9.17) is 16.9 Å². The molecule has 2 N–H and O–H groups in total.